The predicted octanol–water partition coefficient (Wildman–Crippen LogP) is 1.35. The van der Waals surface area contributed by atoms with E-state index in [0.29, 0.717) is 6.54 Å². The van der Waals surface area contributed by atoms with Crippen LogP contribution in [0.25, 0.3) is 0 Å². The van der Waals surface area contributed by atoms with Gasteiger partial charge in [0.1, 0.15) is 18.5 Å². The van der Waals surface area contributed by atoms with Crippen molar-refractivity contribution in [3.63, 3.8) is 0 Å². The SMILES string of the molecule is C#CC(C)NCC(O)COc1ccc(C)cc1. The molecule has 0 heterocycles. The summed E-state index contributed by atoms with van der Waals surface area (Å²) >= 11 is 0. The van der Waals surface area contributed by atoms with Crippen LogP contribution in [-0.2, 0) is 0 Å². The number of aliphatic hydroxyl groups is 1. The van der Waals surface area contributed by atoms with Crippen molar-refractivity contribution in [1.29, 1.82) is 0 Å². The van der Waals surface area contributed by atoms with Gasteiger partial charge in [0, 0.05) is 6.54 Å². The zero-order valence-electron chi connectivity index (χ0n) is 10.3. The van der Waals surface area contributed by atoms with E-state index in [9.17, 15) is 5.11 Å². The van der Waals surface area contributed by atoms with Crippen molar-refractivity contribution in [1.82, 2.24) is 5.32 Å². The Morgan fingerprint density at radius 1 is 1.41 bits per heavy atom. The van der Waals surface area contributed by atoms with Gasteiger partial charge in [-0.25, -0.2) is 0 Å². The molecule has 0 aromatic heterocycles. The third-order valence-electron chi connectivity index (χ3n) is 2.37. The largest absolute Gasteiger partial charge is 0.491 e. The van der Waals surface area contributed by atoms with Gasteiger partial charge in [-0.3, -0.25) is 0 Å². The molecule has 0 amide bonds. The van der Waals surface area contributed by atoms with Crippen LogP contribution >= 0.6 is 0 Å². The predicted molar refractivity (Wildman–Crippen MR) is 69.0 cm³/mol. The van der Waals surface area contributed by atoms with Crippen molar-refractivity contribution in [2.75, 3.05) is 13.2 Å². The van der Waals surface area contributed by atoms with E-state index in [2.05, 4.69) is 11.2 Å². The van der Waals surface area contributed by atoms with Gasteiger partial charge in [0.05, 0.1) is 6.04 Å². The summed E-state index contributed by atoms with van der Waals surface area (Å²) in [6, 6.07) is 7.68. The van der Waals surface area contributed by atoms with Gasteiger partial charge in [-0.15, -0.1) is 6.42 Å². The topological polar surface area (TPSA) is 41.5 Å². The Kier molecular flexibility index (Phi) is 5.55. The maximum Gasteiger partial charge on any atom is 0.119 e. The number of benzene rings is 1. The van der Waals surface area contributed by atoms with E-state index in [1.54, 1.807) is 0 Å². The van der Waals surface area contributed by atoms with Crippen molar-refractivity contribution in [2.45, 2.75) is 26.0 Å². The van der Waals surface area contributed by atoms with Crippen LogP contribution in [0.2, 0.25) is 0 Å². The van der Waals surface area contributed by atoms with E-state index >= 15 is 0 Å². The molecule has 92 valence electrons. The minimum atomic E-state index is -0.563. The standard InChI is InChI=1S/C14H19NO2/c1-4-12(3)15-9-13(16)10-17-14-7-5-11(2)6-8-14/h1,5-8,12-13,15-16H,9-10H2,2-3H3. The molecule has 1 aromatic carbocycles. The lowest BCUT2D eigenvalue weighted by atomic mass is 10.2. The third-order valence-corrected chi connectivity index (χ3v) is 2.37. The van der Waals surface area contributed by atoms with E-state index in [1.807, 2.05) is 38.1 Å². The summed E-state index contributed by atoms with van der Waals surface area (Å²) in [6.07, 6.45) is 4.65. The Labute approximate surface area is 103 Å². The molecule has 0 bridgehead atoms. The number of ether oxygens (including phenoxy) is 1. The van der Waals surface area contributed by atoms with Gasteiger partial charge in [0.25, 0.3) is 0 Å². The molecular formula is C14H19NO2. The lowest BCUT2D eigenvalue weighted by Gasteiger charge is -2.14. The second-order valence-electron chi connectivity index (χ2n) is 4.07. The highest BCUT2D eigenvalue weighted by atomic mass is 16.5. The average Bonchev–Trinajstić information content (AvgIpc) is 2.35. The van der Waals surface area contributed by atoms with Crippen molar-refractivity contribution in [2.24, 2.45) is 0 Å². The summed E-state index contributed by atoms with van der Waals surface area (Å²) in [7, 11) is 0. The van der Waals surface area contributed by atoms with Gasteiger partial charge >= 0.3 is 0 Å². The molecule has 0 radical (unpaired) electrons. The van der Waals surface area contributed by atoms with Gasteiger partial charge < -0.3 is 15.2 Å². The molecule has 0 fully saturated rings. The fourth-order valence-corrected chi connectivity index (χ4v) is 1.26. The fraction of sp³-hybridized carbons (Fsp3) is 0.429. The number of nitrogens with one attached hydrogen (secondary N) is 1. The quantitative estimate of drug-likeness (QED) is 0.729. The first-order valence-corrected chi connectivity index (χ1v) is 5.69. The normalized spacial score (nSPS) is 13.8. The third kappa shape index (κ3) is 5.39. The minimum absolute atomic E-state index is 0.0379. The van der Waals surface area contributed by atoms with Crippen molar-refractivity contribution in [3.8, 4) is 18.1 Å². The maximum absolute atomic E-state index is 9.65. The minimum Gasteiger partial charge on any atom is -0.491 e. The highest BCUT2D eigenvalue weighted by Crippen LogP contribution is 2.11. The molecule has 3 nitrogen and oxygen atoms in total. The van der Waals surface area contributed by atoms with E-state index in [0.717, 1.165) is 5.75 Å². The van der Waals surface area contributed by atoms with Crippen LogP contribution in [0.5, 0.6) is 5.75 Å². The van der Waals surface area contributed by atoms with Gasteiger partial charge in [-0.1, -0.05) is 23.6 Å². The first kappa shape index (κ1) is 13.6. The Morgan fingerprint density at radius 2 is 2.06 bits per heavy atom. The summed E-state index contributed by atoms with van der Waals surface area (Å²) in [5, 5.41) is 12.7. The van der Waals surface area contributed by atoms with Crippen LogP contribution in [0.1, 0.15) is 12.5 Å². The number of rotatable bonds is 6. The molecule has 1 aromatic rings. The van der Waals surface area contributed by atoms with Crippen LogP contribution in [-0.4, -0.2) is 30.4 Å². The summed E-state index contributed by atoms with van der Waals surface area (Å²) in [5.74, 6) is 3.30. The van der Waals surface area contributed by atoms with Crippen molar-refractivity contribution < 1.29 is 9.84 Å². The zero-order chi connectivity index (χ0) is 12.7. The molecule has 2 N–H and O–H groups in total. The molecule has 3 heteroatoms. The molecular weight excluding hydrogens is 214 g/mol. The maximum atomic E-state index is 9.65. The Balaban J connectivity index is 2.26. The van der Waals surface area contributed by atoms with E-state index < -0.39 is 6.10 Å². The Bertz CT molecular complexity index is 367. The zero-order valence-corrected chi connectivity index (χ0v) is 10.3. The average molecular weight is 233 g/mol. The second kappa shape index (κ2) is 6.95. The molecule has 17 heavy (non-hydrogen) atoms. The first-order valence-electron chi connectivity index (χ1n) is 5.69. The van der Waals surface area contributed by atoms with Crippen LogP contribution in [0.15, 0.2) is 24.3 Å². The lowest BCUT2D eigenvalue weighted by Crippen LogP contribution is -2.35. The molecule has 0 aliphatic carbocycles. The van der Waals surface area contributed by atoms with Gasteiger partial charge in [0.15, 0.2) is 0 Å². The highest BCUT2D eigenvalue weighted by molar-refractivity contribution is 5.26. The number of hydrogen-bond acceptors (Lipinski definition) is 3. The molecule has 2 atom stereocenters. The molecule has 1 rings (SSSR count). The van der Waals surface area contributed by atoms with Crippen molar-refractivity contribution >= 4 is 0 Å². The first-order chi connectivity index (χ1) is 8.11. The van der Waals surface area contributed by atoms with Crippen LogP contribution in [0.4, 0.5) is 0 Å². The molecule has 0 saturated heterocycles. The van der Waals surface area contributed by atoms with E-state index in [-0.39, 0.29) is 12.6 Å². The summed E-state index contributed by atoms with van der Waals surface area (Å²) in [6.45, 7) is 4.57. The van der Waals surface area contributed by atoms with Gasteiger partial charge in [-0.2, -0.15) is 0 Å². The molecule has 0 aliphatic heterocycles. The smallest absolute Gasteiger partial charge is 0.119 e. The molecule has 2 unspecified atom stereocenters. The monoisotopic (exact) mass is 233 g/mol. The van der Waals surface area contributed by atoms with Crippen LogP contribution in [0.3, 0.4) is 0 Å². The second-order valence-corrected chi connectivity index (χ2v) is 4.07. The number of aliphatic hydroxyl groups excluding tert-OH is 1. The van der Waals surface area contributed by atoms with Gasteiger partial charge in [-0.05, 0) is 26.0 Å². The summed E-state index contributed by atoms with van der Waals surface area (Å²) in [5.41, 5.74) is 1.18. The van der Waals surface area contributed by atoms with E-state index in [1.165, 1.54) is 5.56 Å². The number of terminal acetylenes is 1. The number of aryl methyl sites for hydroxylation is 1. The van der Waals surface area contributed by atoms with Crippen LogP contribution < -0.4 is 10.1 Å². The molecule has 0 spiro atoms. The fourth-order valence-electron chi connectivity index (χ4n) is 1.26. The van der Waals surface area contributed by atoms with Crippen molar-refractivity contribution in [3.05, 3.63) is 29.8 Å². The Hall–Kier alpha value is -1.50. The van der Waals surface area contributed by atoms with E-state index in [4.69, 9.17) is 11.2 Å². The lowest BCUT2D eigenvalue weighted by molar-refractivity contribution is 0.105. The summed E-state index contributed by atoms with van der Waals surface area (Å²) in [4.78, 5) is 0. The molecule has 0 saturated carbocycles. The van der Waals surface area contributed by atoms with Gasteiger partial charge in [0.2, 0.25) is 0 Å². The Morgan fingerprint density at radius 3 is 2.65 bits per heavy atom. The highest BCUT2D eigenvalue weighted by Gasteiger charge is 2.06. The summed E-state index contributed by atoms with van der Waals surface area (Å²) < 4.78 is 5.45. The van der Waals surface area contributed by atoms with Crippen LogP contribution in [0, 0.1) is 19.3 Å². The molecule has 0 aliphatic rings. The number of hydrogen-bond donors (Lipinski definition) is 2.